The Bertz CT molecular complexity index is 866. The number of carbonyl (C=O) groups is 1. The fraction of sp³-hybridized carbons (Fsp3) is 0.542. The van der Waals surface area contributed by atoms with Gasteiger partial charge in [-0.05, 0) is 5.57 Å². The summed E-state index contributed by atoms with van der Waals surface area (Å²) in [6.45, 7) is 4.41. The summed E-state index contributed by atoms with van der Waals surface area (Å²) in [4.78, 5) is 14.4. The number of nitrogens with zero attached hydrogens (tertiary/aromatic N) is 1. The molecule has 0 bridgehead atoms. The Labute approximate surface area is 203 Å². The van der Waals surface area contributed by atoms with Gasteiger partial charge in [0.15, 0.2) is 6.29 Å². The van der Waals surface area contributed by atoms with E-state index < -0.39 is 61.4 Å². The second-order valence-electron chi connectivity index (χ2n) is 8.35. The van der Waals surface area contributed by atoms with Gasteiger partial charge in [-0.15, -0.1) is 6.58 Å². The third-order valence-corrected chi connectivity index (χ3v) is 6.09. The molecule has 0 aliphatic carbocycles. The van der Waals surface area contributed by atoms with Crippen LogP contribution in [0.1, 0.15) is 0 Å². The number of aliphatic hydroxyl groups is 5. The van der Waals surface area contributed by atoms with Gasteiger partial charge in [0, 0.05) is 25.2 Å². The van der Waals surface area contributed by atoms with E-state index in [0.29, 0.717) is 13.1 Å². The number of allylic oxidation sites excluding steroid dienone is 4. The van der Waals surface area contributed by atoms with Crippen molar-refractivity contribution < 1.29 is 49.3 Å². The highest BCUT2D eigenvalue weighted by molar-refractivity contribution is 5.89. The van der Waals surface area contributed by atoms with E-state index in [-0.39, 0.29) is 12.2 Å². The van der Waals surface area contributed by atoms with E-state index in [4.69, 9.17) is 18.9 Å². The molecule has 11 nitrogen and oxygen atoms in total. The Morgan fingerprint density at radius 2 is 2.00 bits per heavy atom. The van der Waals surface area contributed by atoms with Gasteiger partial charge < -0.3 is 49.4 Å². The van der Waals surface area contributed by atoms with Gasteiger partial charge in [-0.3, -0.25) is 0 Å². The maximum Gasteiger partial charge on any atom is 0.337 e. The van der Waals surface area contributed by atoms with Gasteiger partial charge in [-0.1, -0.05) is 30.4 Å². The Hall–Kier alpha value is -2.51. The SMILES string of the molecule is C=C[C@H]1[C@H](O[C@@H]2O[C@H](CO)[C@@H](O)[C@H](O)[C@H]2O)OC=C(C(=O)OC)[C@H]1/C=C/C1=CN(CCO)CC=C1. The molecule has 0 amide bonds. The third kappa shape index (κ3) is 6.19. The van der Waals surface area contributed by atoms with Gasteiger partial charge in [-0.2, -0.15) is 0 Å². The van der Waals surface area contributed by atoms with Crippen LogP contribution in [0.3, 0.4) is 0 Å². The first-order valence-corrected chi connectivity index (χ1v) is 11.3. The maximum absolute atomic E-state index is 12.4. The zero-order chi connectivity index (χ0) is 25.5. The molecule has 3 rings (SSSR count). The second kappa shape index (κ2) is 12.5. The fourth-order valence-corrected chi connectivity index (χ4v) is 4.14. The topological polar surface area (TPSA) is 158 Å². The fourth-order valence-electron chi connectivity index (χ4n) is 4.14. The lowest BCUT2D eigenvalue weighted by Crippen LogP contribution is -2.60. The molecule has 5 N–H and O–H groups in total. The zero-order valence-electron chi connectivity index (χ0n) is 19.4. The number of carbonyl (C=O) groups excluding carboxylic acids is 1. The average Bonchev–Trinajstić information content (AvgIpc) is 2.87. The maximum atomic E-state index is 12.4. The molecule has 0 aromatic rings. The minimum absolute atomic E-state index is 0.0199. The summed E-state index contributed by atoms with van der Waals surface area (Å²) < 4.78 is 21.7. The lowest BCUT2D eigenvalue weighted by Gasteiger charge is -2.42. The summed E-state index contributed by atoms with van der Waals surface area (Å²) in [5.41, 5.74) is 1.06. The first-order valence-electron chi connectivity index (χ1n) is 11.3. The van der Waals surface area contributed by atoms with E-state index in [1.54, 1.807) is 6.08 Å². The molecular formula is C24H33NO10. The van der Waals surface area contributed by atoms with Crippen LogP contribution in [0.15, 0.2) is 60.6 Å². The molecule has 35 heavy (non-hydrogen) atoms. The first kappa shape index (κ1) is 27.1. The number of β-amino-alcohol motifs (C(OH)–C–C–N with tert-alkyl or cyclic N) is 1. The van der Waals surface area contributed by atoms with E-state index in [0.717, 1.165) is 5.57 Å². The Morgan fingerprint density at radius 1 is 1.23 bits per heavy atom. The highest BCUT2D eigenvalue weighted by Crippen LogP contribution is 2.36. The summed E-state index contributed by atoms with van der Waals surface area (Å²) in [7, 11) is 1.25. The van der Waals surface area contributed by atoms with Crippen molar-refractivity contribution in [2.75, 3.05) is 33.4 Å². The molecule has 0 aromatic heterocycles. The minimum Gasteiger partial charge on any atom is -0.471 e. The van der Waals surface area contributed by atoms with Crippen molar-refractivity contribution in [2.45, 2.75) is 37.0 Å². The van der Waals surface area contributed by atoms with Crippen molar-refractivity contribution in [3.63, 3.8) is 0 Å². The summed E-state index contributed by atoms with van der Waals surface area (Å²) >= 11 is 0. The standard InChI is InChI=1S/C24H33NO10/c1-3-15-16(7-6-14-5-4-8-25(11-14)9-10-26)17(22(31)32-2)13-33-23(15)35-24-21(30)20(29)19(28)18(12-27)34-24/h3-7,11,13,15-16,18-21,23-24,26-30H,1,8-10,12H2,2H3/b7-6+/t15-,16+,18-,19-,20+,21-,23+,24+/m1/s1. The number of esters is 1. The highest BCUT2D eigenvalue weighted by atomic mass is 16.8. The van der Waals surface area contributed by atoms with Crippen LogP contribution in [0, 0.1) is 11.8 Å². The molecule has 0 spiro atoms. The van der Waals surface area contributed by atoms with Crippen LogP contribution >= 0.6 is 0 Å². The van der Waals surface area contributed by atoms with Crippen LogP contribution in [0.25, 0.3) is 0 Å². The molecule has 0 radical (unpaired) electrons. The van der Waals surface area contributed by atoms with Crippen molar-refractivity contribution in [1.29, 1.82) is 0 Å². The molecule has 194 valence electrons. The molecule has 0 unspecified atom stereocenters. The second-order valence-corrected chi connectivity index (χ2v) is 8.35. The van der Waals surface area contributed by atoms with Crippen LogP contribution in [-0.2, 0) is 23.7 Å². The lowest BCUT2D eigenvalue weighted by molar-refractivity contribution is -0.338. The van der Waals surface area contributed by atoms with Gasteiger partial charge >= 0.3 is 5.97 Å². The molecule has 8 atom stereocenters. The summed E-state index contributed by atoms with van der Waals surface area (Å²) in [6.07, 6.45) is 3.67. The molecule has 1 saturated heterocycles. The normalized spacial score (nSPS) is 35.3. The van der Waals surface area contributed by atoms with Gasteiger partial charge in [0.25, 0.3) is 0 Å². The smallest absolute Gasteiger partial charge is 0.337 e. The Balaban J connectivity index is 1.84. The average molecular weight is 496 g/mol. The Kier molecular flexibility index (Phi) is 9.63. The predicted molar refractivity (Wildman–Crippen MR) is 122 cm³/mol. The van der Waals surface area contributed by atoms with Crippen molar-refractivity contribution in [2.24, 2.45) is 11.8 Å². The molecule has 11 heteroatoms. The van der Waals surface area contributed by atoms with Crippen LogP contribution < -0.4 is 0 Å². The van der Waals surface area contributed by atoms with E-state index >= 15 is 0 Å². The molecule has 0 aromatic carbocycles. The molecule has 3 aliphatic heterocycles. The summed E-state index contributed by atoms with van der Waals surface area (Å²) in [6, 6.07) is 0. The third-order valence-electron chi connectivity index (χ3n) is 6.09. The zero-order valence-corrected chi connectivity index (χ0v) is 19.4. The molecule has 0 saturated carbocycles. The number of methoxy groups -OCH3 is 1. The predicted octanol–water partition coefficient (Wildman–Crippen LogP) is -1.06. The van der Waals surface area contributed by atoms with Gasteiger partial charge in [0.05, 0.1) is 38.1 Å². The van der Waals surface area contributed by atoms with Crippen LogP contribution in [0.5, 0.6) is 0 Å². The monoisotopic (exact) mass is 495 g/mol. The van der Waals surface area contributed by atoms with Crippen LogP contribution in [0.2, 0.25) is 0 Å². The molecule has 3 aliphatic rings. The lowest BCUT2D eigenvalue weighted by atomic mass is 9.83. The number of hydrogen-bond donors (Lipinski definition) is 5. The van der Waals surface area contributed by atoms with Crippen molar-refractivity contribution in [3.05, 3.63) is 60.6 Å². The largest absolute Gasteiger partial charge is 0.471 e. The van der Waals surface area contributed by atoms with Crippen molar-refractivity contribution in [3.8, 4) is 0 Å². The molecule has 3 heterocycles. The van der Waals surface area contributed by atoms with Gasteiger partial charge in [-0.25, -0.2) is 4.79 Å². The van der Waals surface area contributed by atoms with Crippen molar-refractivity contribution in [1.82, 2.24) is 4.90 Å². The number of aliphatic hydroxyl groups excluding tert-OH is 5. The first-order chi connectivity index (χ1) is 16.8. The number of ether oxygens (including phenoxy) is 4. The number of rotatable bonds is 9. The van der Waals surface area contributed by atoms with E-state index in [1.165, 1.54) is 19.4 Å². The van der Waals surface area contributed by atoms with Crippen molar-refractivity contribution >= 4 is 5.97 Å². The quantitative estimate of drug-likeness (QED) is 0.196. The molecular weight excluding hydrogens is 462 g/mol. The Morgan fingerprint density at radius 3 is 2.66 bits per heavy atom. The summed E-state index contributed by atoms with van der Waals surface area (Å²) in [5.74, 6) is -1.83. The van der Waals surface area contributed by atoms with Crippen LogP contribution in [-0.4, -0.2) is 107 Å². The van der Waals surface area contributed by atoms with E-state index in [1.807, 2.05) is 29.3 Å². The number of hydrogen-bond acceptors (Lipinski definition) is 11. The van der Waals surface area contributed by atoms with Crippen LogP contribution in [0.4, 0.5) is 0 Å². The van der Waals surface area contributed by atoms with E-state index in [2.05, 4.69) is 6.58 Å². The van der Waals surface area contributed by atoms with Gasteiger partial charge in [0.2, 0.25) is 6.29 Å². The van der Waals surface area contributed by atoms with Gasteiger partial charge in [0.1, 0.15) is 24.4 Å². The van der Waals surface area contributed by atoms with E-state index in [9.17, 15) is 30.3 Å². The minimum atomic E-state index is -1.61. The molecule has 1 fully saturated rings. The highest BCUT2D eigenvalue weighted by Gasteiger charge is 2.47. The summed E-state index contributed by atoms with van der Waals surface area (Å²) in [5, 5.41) is 49.0.